The molecule has 0 aliphatic heterocycles. The van der Waals surface area contributed by atoms with Crippen molar-refractivity contribution in [3.63, 3.8) is 0 Å². The van der Waals surface area contributed by atoms with Gasteiger partial charge in [-0.25, -0.2) is 0 Å². The van der Waals surface area contributed by atoms with Crippen molar-refractivity contribution >= 4 is 6.08 Å². The molecule has 0 bridgehead atoms. The van der Waals surface area contributed by atoms with Crippen molar-refractivity contribution in [1.29, 1.82) is 0 Å². The minimum Gasteiger partial charge on any atom is -0.489 e. The predicted octanol–water partition coefficient (Wildman–Crippen LogP) is 5.43. The van der Waals surface area contributed by atoms with Gasteiger partial charge in [0.05, 0.1) is 0 Å². The molecule has 1 aliphatic rings. The number of fused-ring (bicyclic) bond motifs is 1. The number of para-hydroxylation sites is 1. The summed E-state index contributed by atoms with van der Waals surface area (Å²) in [5, 5.41) is 0. The first kappa shape index (κ1) is 13.9. The summed E-state index contributed by atoms with van der Waals surface area (Å²) >= 11 is 0. The van der Waals surface area contributed by atoms with E-state index in [4.69, 9.17) is 4.74 Å². The molecule has 0 fully saturated rings. The first-order valence-electron chi connectivity index (χ1n) is 7.87. The van der Waals surface area contributed by atoms with Crippen LogP contribution in [0.4, 0.5) is 0 Å². The molecule has 0 saturated heterocycles. The van der Waals surface area contributed by atoms with Crippen molar-refractivity contribution in [2.24, 2.45) is 0 Å². The van der Waals surface area contributed by atoms with Gasteiger partial charge in [0.15, 0.2) is 0 Å². The Labute approximate surface area is 127 Å². The third-order valence-corrected chi connectivity index (χ3v) is 4.11. The van der Waals surface area contributed by atoms with Gasteiger partial charge in [-0.05, 0) is 29.7 Å². The fourth-order valence-corrected chi connectivity index (χ4v) is 2.99. The van der Waals surface area contributed by atoms with E-state index in [9.17, 15) is 0 Å². The molecule has 2 atom stereocenters. The Balaban J connectivity index is 1.81. The monoisotopic (exact) mass is 278 g/mol. The Kier molecular flexibility index (Phi) is 4.40. The normalized spacial score (nSPS) is 17.5. The maximum absolute atomic E-state index is 6.31. The standard InChI is InChI=1S/C20H22O/c1-2-3-13-20(21-17-10-5-4-6-11-17)19-15-14-16-9-7-8-12-18(16)19/h4-12,14-15,19-20H,2-3,13H2,1H3. The highest BCUT2D eigenvalue weighted by molar-refractivity contribution is 5.62. The fourth-order valence-electron chi connectivity index (χ4n) is 2.99. The van der Waals surface area contributed by atoms with Crippen LogP contribution in [0.1, 0.15) is 43.2 Å². The van der Waals surface area contributed by atoms with E-state index in [1.54, 1.807) is 0 Å². The van der Waals surface area contributed by atoms with Crippen molar-refractivity contribution < 1.29 is 4.74 Å². The summed E-state index contributed by atoms with van der Waals surface area (Å²) < 4.78 is 6.31. The Morgan fingerprint density at radius 3 is 2.57 bits per heavy atom. The lowest BCUT2D eigenvalue weighted by Crippen LogP contribution is -2.23. The average molecular weight is 278 g/mol. The Bertz CT molecular complexity index is 600. The van der Waals surface area contributed by atoms with E-state index >= 15 is 0 Å². The van der Waals surface area contributed by atoms with E-state index in [0.29, 0.717) is 5.92 Å². The average Bonchev–Trinajstić information content (AvgIpc) is 2.96. The lowest BCUT2D eigenvalue weighted by atomic mass is 9.92. The summed E-state index contributed by atoms with van der Waals surface area (Å²) in [5.41, 5.74) is 2.73. The number of hydrogen-bond donors (Lipinski definition) is 0. The van der Waals surface area contributed by atoms with Crippen molar-refractivity contribution in [1.82, 2.24) is 0 Å². The molecular weight excluding hydrogens is 256 g/mol. The van der Waals surface area contributed by atoms with E-state index in [1.807, 2.05) is 30.3 Å². The van der Waals surface area contributed by atoms with Gasteiger partial charge in [-0.1, -0.05) is 74.4 Å². The first-order valence-corrected chi connectivity index (χ1v) is 7.87. The van der Waals surface area contributed by atoms with Gasteiger partial charge in [0.2, 0.25) is 0 Å². The van der Waals surface area contributed by atoms with Crippen molar-refractivity contribution in [2.75, 3.05) is 0 Å². The van der Waals surface area contributed by atoms with Gasteiger partial charge in [0.1, 0.15) is 11.9 Å². The van der Waals surface area contributed by atoms with E-state index in [-0.39, 0.29) is 6.10 Å². The summed E-state index contributed by atoms with van der Waals surface area (Å²) in [4.78, 5) is 0. The number of rotatable bonds is 6. The first-order chi connectivity index (χ1) is 10.4. The molecule has 21 heavy (non-hydrogen) atoms. The topological polar surface area (TPSA) is 9.23 Å². The molecule has 3 rings (SSSR count). The van der Waals surface area contributed by atoms with Crippen LogP contribution in [0, 0.1) is 0 Å². The van der Waals surface area contributed by atoms with Crippen LogP contribution in [-0.2, 0) is 0 Å². The van der Waals surface area contributed by atoms with Crippen LogP contribution in [0.15, 0.2) is 60.7 Å². The Morgan fingerprint density at radius 1 is 1.00 bits per heavy atom. The molecule has 1 aliphatic carbocycles. The van der Waals surface area contributed by atoms with Crippen LogP contribution in [0.25, 0.3) is 6.08 Å². The molecule has 1 heteroatoms. The van der Waals surface area contributed by atoms with Crippen molar-refractivity contribution in [3.05, 3.63) is 71.8 Å². The largest absolute Gasteiger partial charge is 0.489 e. The van der Waals surface area contributed by atoms with Crippen LogP contribution >= 0.6 is 0 Å². The number of hydrogen-bond acceptors (Lipinski definition) is 1. The van der Waals surface area contributed by atoms with Crippen LogP contribution in [0.3, 0.4) is 0 Å². The highest BCUT2D eigenvalue weighted by Gasteiger charge is 2.27. The zero-order valence-corrected chi connectivity index (χ0v) is 12.5. The summed E-state index contributed by atoms with van der Waals surface area (Å²) in [5.74, 6) is 1.34. The number of benzene rings is 2. The molecule has 1 nitrogen and oxygen atoms in total. The zero-order chi connectivity index (χ0) is 14.5. The molecular formula is C20H22O. The minimum atomic E-state index is 0.215. The van der Waals surface area contributed by atoms with Crippen LogP contribution < -0.4 is 4.74 Å². The molecule has 0 saturated carbocycles. The predicted molar refractivity (Wildman–Crippen MR) is 88.6 cm³/mol. The third-order valence-electron chi connectivity index (χ3n) is 4.11. The zero-order valence-electron chi connectivity index (χ0n) is 12.5. The molecule has 2 aromatic rings. The van der Waals surface area contributed by atoms with Gasteiger partial charge in [-0.15, -0.1) is 0 Å². The molecule has 2 aromatic carbocycles. The van der Waals surface area contributed by atoms with Gasteiger partial charge < -0.3 is 4.74 Å². The SMILES string of the molecule is CCCCC(Oc1ccccc1)C1C=Cc2ccccc21. The second-order valence-electron chi connectivity index (χ2n) is 5.63. The van der Waals surface area contributed by atoms with E-state index in [2.05, 4.69) is 43.3 Å². The van der Waals surface area contributed by atoms with Gasteiger partial charge in [-0.3, -0.25) is 0 Å². The quantitative estimate of drug-likeness (QED) is 0.684. The van der Waals surface area contributed by atoms with Crippen LogP contribution in [0.5, 0.6) is 5.75 Å². The molecule has 0 amide bonds. The second-order valence-corrected chi connectivity index (χ2v) is 5.63. The highest BCUT2D eigenvalue weighted by Crippen LogP contribution is 2.36. The smallest absolute Gasteiger partial charge is 0.119 e. The summed E-state index contributed by atoms with van der Waals surface area (Å²) in [6, 6.07) is 18.8. The minimum absolute atomic E-state index is 0.215. The van der Waals surface area contributed by atoms with Crippen LogP contribution in [0.2, 0.25) is 0 Å². The van der Waals surface area contributed by atoms with Gasteiger partial charge in [0.25, 0.3) is 0 Å². The lowest BCUT2D eigenvalue weighted by molar-refractivity contribution is 0.173. The molecule has 0 radical (unpaired) electrons. The third kappa shape index (κ3) is 3.18. The maximum atomic E-state index is 6.31. The van der Waals surface area contributed by atoms with Gasteiger partial charge in [-0.2, -0.15) is 0 Å². The molecule has 2 unspecified atom stereocenters. The number of ether oxygens (including phenoxy) is 1. The molecule has 0 N–H and O–H groups in total. The summed E-state index contributed by atoms with van der Waals surface area (Å²) in [7, 11) is 0. The van der Waals surface area contributed by atoms with E-state index < -0.39 is 0 Å². The fraction of sp³-hybridized carbons (Fsp3) is 0.300. The highest BCUT2D eigenvalue weighted by atomic mass is 16.5. The Hall–Kier alpha value is -2.02. The molecule has 0 aromatic heterocycles. The van der Waals surface area contributed by atoms with E-state index in [1.165, 1.54) is 24.0 Å². The van der Waals surface area contributed by atoms with Crippen molar-refractivity contribution in [2.45, 2.75) is 38.2 Å². The summed E-state index contributed by atoms with van der Waals surface area (Å²) in [6.45, 7) is 2.23. The van der Waals surface area contributed by atoms with Gasteiger partial charge in [0, 0.05) is 5.92 Å². The Morgan fingerprint density at radius 2 is 1.76 bits per heavy atom. The molecule has 0 heterocycles. The maximum Gasteiger partial charge on any atom is 0.119 e. The van der Waals surface area contributed by atoms with Crippen LogP contribution in [-0.4, -0.2) is 6.10 Å². The van der Waals surface area contributed by atoms with E-state index in [0.717, 1.165) is 12.2 Å². The number of unbranched alkanes of at least 4 members (excludes halogenated alkanes) is 1. The molecule has 108 valence electrons. The second kappa shape index (κ2) is 6.62. The lowest BCUT2D eigenvalue weighted by Gasteiger charge is -2.25. The van der Waals surface area contributed by atoms with Gasteiger partial charge >= 0.3 is 0 Å². The summed E-state index contributed by atoms with van der Waals surface area (Å²) in [6.07, 6.45) is 8.24. The van der Waals surface area contributed by atoms with Crippen molar-refractivity contribution in [3.8, 4) is 5.75 Å². The molecule has 0 spiro atoms.